The average molecular weight is 398 g/mol. The van der Waals surface area contributed by atoms with E-state index in [2.05, 4.69) is 20.3 Å². The number of hydrogen-bond donors (Lipinski definition) is 3. The fraction of sp³-hybridized carbons (Fsp3) is 0.400. The Bertz CT molecular complexity index is 1100. The van der Waals surface area contributed by atoms with E-state index in [1.807, 2.05) is 0 Å². The number of oxazole rings is 1. The molecule has 0 radical (unpaired) electrons. The van der Waals surface area contributed by atoms with Crippen LogP contribution < -0.4 is 5.32 Å². The van der Waals surface area contributed by atoms with Crippen LogP contribution >= 0.6 is 0 Å². The van der Waals surface area contributed by atoms with Crippen molar-refractivity contribution < 1.29 is 23.5 Å². The summed E-state index contributed by atoms with van der Waals surface area (Å²) < 4.78 is 18.9. The number of halogens is 1. The molecule has 3 saturated carbocycles. The number of pyridine rings is 1. The Kier molecular flexibility index (Phi) is 4.11. The van der Waals surface area contributed by atoms with Crippen LogP contribution in [-0.4, -0.2) is 37.9 Å². The highest BCUT2D eigenvalue weighted by Gasteiger charge is 2.47. The van der Waals surface area contributed by atoms with Crippen molar-refractivity contribution in [3.8, 4) is 0 Å². The number of carbonyl (C=O) groups is 2. The summed E-state index contributed by atoms with van der Waals surface area (Å²) in [5.74, 6) is -1.88. The first kappa shape index (κ1) is 17.8. The van der Waals surface area contributed by atoms with Crippen LogP contribution in [0.25, 0.3) is 11.0 Å². The van der Waals surface area contributed by atoms with Gasteiger partial charge in [-0.3, -0.25) is 9.59 Å². The number of rotatable bonds is 5. The zero-order valence-electron chi connectivity index (χ0n) is 15.4. The quantitative estimate of drug-likeness (QED) is 0.564. The molecule has 3 aliphatic carbocycles. The Labute approximate surface area is 164 Å². The first-order valence-electron chi connectivity index (χ1n) is 9.63. The Balaban J connectivity index is 1.40. The SMILES string of the molecule is O=C(c1coc(N[C@H]2[C@H]3CC[C@H](CC3)[C@@H]2C(=O)O)n1)c1c[nH]c2ncc(F)cc12. The first-order chi connectivity index (χ1) is 14.0. The molecule has 3 fully saturated rings. The summed E-state index contributed by atoms with van der Waals surface area (Å²) in [6.45, 7) is 0. The van der Waals surface area contributed by atoms with Crippen LogP contribution in [0.15, 0.2) is 29.1 Å². The van der Waals surface area contributed by atoms with E-state index in [4.69, 9.17) is 4.42 Å². The topological polar surface area (TPSA) is 121 Å². The zero-order valence-corrected chi connectivity index (χ0v) is 15.4. The number of carboxylic acid groups (broad SMARTS) is 1. The van der Waals surface area contributed by atoms with Gasteiger partial charge in [0.05, 0.1) is 17.7 Å². The molecule has 0 amide bonds. The third-order valence-electron chi connectivity index (χ3n) is 6.27. The third kappa shape index (κ3) is 2.97. The monoisotopic (exact) mass is 398 g/mol. The van der Waals surface area contributed by atoms with Gasteiger partial charge in [-0.25, -0.2) is 9.37 Å². The van der Waals surface area contributed by atoms with Crippen LogP contribution in [0, 0.1) is 23.6 Å². The summed E-state index contributed by atoms with van der Waals surface area (Å²) in [5.41, 5.74) is 0.705. The third-order valence-corrected chi connectivity index (χ3v) is 6.27. The van der Waals surface area contributed by atoms with Gasteiger partial charge in [-0.1, -0.05) is 0 Å². The van der Waals surface area contributed by atoms with E-state index in [0.29, 0.717) is 11.0 Å². The predicted molar refractivity (Wildman–Crippen MR) is 100.0 cm³/mol. The van der Waals surface area contributed by atoms with Crippen LogP contribution in [0.3, 0.4) is 0 Å². The standard InChI is InChI=1S/C20H19FN4O4/c21-11-5-12-13(7-23-18(12)22-6-11)17(26)14-8-29-20(24-14)25-16-10-3-1-9(2-4-10)15(16)19(27)28/h5-10,15-16H,1-4H2,(H,22,23)(H,24,25)(H,27,28)/t9-,10+,15-,16-/m0/s1. The molecule has 0 aliphatic heterocycles. The molecule has 0 aromatic carbocycles. The molecule has 150 valence electrons. The van der Waals surface area contributed by atoms with E-state index in [-0.39, 0.29) is 35.1 Å². The smallest absolute Gasteiger partial charge is 0.308 e. The Hall–Kier alpha value is -3.23. The van der Waals surface area contributed by atoms with Crippen molar-refractivity contribution in [2.24, 2.45) is 17.8 Å². The van der Waals surface area contributed by atoms with E-state index >= 15 is 0 Å². The Morgan fingerprint density at radius 3 is 2.76 bits per heavy atom. The number of H-pyrrole nitrogens is 1. The maximum Gasteiger partial charge on any atom is 0.308 e. The molecule has 2 atom stereocenters. The van der Waals surface area contributed by atoms with Crippen LogP contribution in [0.2, 0.25) is 0 Å². The number of fused-ring (bicyclic) bond motifs is 4. The molecule has 9 heteroatoms. The number of aliphatic carboxylic acids is 1. The summed E-state index contributed by atoms with van der Waals surface area (Å²) in [5, 5.41) is 13.1. The van der Waals surface area contributed by atoms with E-state index in [9.17, 15) is 19.1 Å². The highest BCUT2D eigenvalue weighted by Crippen LogP contribution is 2.46. The molecular weight excluding hydrogens is 379 g/mol. The molecule has 2 bridgehead atoms. The van der Waals surface area contributed by atoms with Crippen molar-refractivity contribution in [3.05, 3.63) is 41.8 Å². The van der Waals surface area contributed by atoms with E-state index in [0.717, 1.165) is 31.9 Å². The summed E-state index contributed by atoms with van der Waals surface area (Å²) in [6.07, 6.45) is 7.58. The van der Waals surface area contributed by atoms with Gasteiger partial charge in [0.15, 0.2) is 5.69 Å². The second-order valence-corrected chi connectivity index (χ2v) is 7.83. The Morgan fingerprint density at radius 1 is 1.24 bits per heavy atom. The number of aromatic amines is 1. The molecule has 3 aromatic rings. The van der Waals surface area contributed by atoms with Gasteiger partial charge in [0.25, 0.3) is 6.01 Å². The number of hydrogen-bond acceptors (Lipinski definition) is 6. The van der Waals surface area contributed by atoms with Crippen molar-refractivity contribution in [2.75, 3.05) is 5.32 Å². The minimum atomic E-state index is -0.812. The summed E-state index contributed by atoms with van der Waals surface area (Å²) >= 11 is 0. The molecule has 3 N–H and O–H groups in total. The fourth-order valence-corrected chi connectivity index (χ4v) is 4.90. The van der Waals surface area contributed by atoms with Gasteiger partial charge in [-0.05, 0) is 43.6 Å². The lowest BCUT2D eigenvalue weighted by Gasteiger charge is -2.46. The number of carbonyl (C=O) groups excluding carboxylic acids is 1. The maximum absolute atomic E-state index is 13.5. The minimum Gasteiger partial charge on any atom is -0.481 e. The number of ketones is 1. The van der Waals surface area contributed by atoms with Gasteiger partial charge in [-0.15, -0.1) is 0 Å². The van der Waals surface area contributed by atoms with E-state index < -0.39 is 23.5 Å². The van der Waals surface area contributed by atoms with Crippen LogP contribution in [0.1, 0.15) is 41.7 Å². The normalized spacial score (nSPS) is 26.0. The number of nitrogens with one attached hydrogen (secondary N) is 2. The van der Waals surface area contributed by atoms with Gasteiger partial charge >= 0.3 is 5.97 Å². The second kappa shape index (κ2) is 6.68. The van der Waals surface area contributed by atoms with Gasteiger partial charge in [0, 0.05) is 17.6 Å². The van der Waals surface area contributed by atoms with E-state index in [1.54, 1.807) is 0 Å². The summed E-state index contributed by atoms with van der Waals surface area (Å²) in [6, 6.07) is 1.09. The summed E-state index contributed by atoms with van der Waals surface area (Å²) in [7, 11) is 0. The molecule has 3 aromatic heterocycles. The number of nitrogens with zero attached hydrogens (tertiary/aromatic N) is 2. The average Bonchev–Trinajstić information content (AvgIpc) is 3.35. The van der Waals surface area contributed by atoms with Crippen molar-refractivity contribution >= 4 is 28.8 Å². The molecule has 0 spiro atoms. The predicted octanol–water partition coefficient (Wildman–Crippen LogP) is 3.22. The molecule has 3 aliphatic rings. The lowest BCUT2D eigenvalue weighted by Crippen LogP contribution is -2.51. The molecule has 29 heavy (non-hydrogen) atoms. The van der Waals surface area contributed by atoms with Crippen molar-refractivity contribution in [2.45, 2.75) is 31.7 Å². The largest absolute Gasteiger partial charge is 0.481 e. The van der Waals surface area contributed by atoms with Gasteiger partial charge in [0.1, 0.15) is 17.7 Å². The molecule has 0 unspecified atom stereocenters. The number of carboxylic acids is 1. The van der Waals surface area contributed by atoms with Gasteiger partial charge < -0.3 is 19.8 Å². The number of aromatic nitrogens is 3. The second-order valence-electron chi connectivity index (χ2n) is 7.83. The molecular formula is C20H19FN4O4. The van der Waals surface area contributed by atoms with Gasteiger partial charge in [-0.2, -0.15) is 4.98 Å². The lowest BCUT2D eigenvalue weighted by atomic mass is 9.61. The fourth-order valence-electron chi connectivity index (χ4n) is 4.90. The van der Waals surface area contributed by atoms with E-state index in [1.165, 1.54) is 18.5 Å². The molecule has 0 saturated heterocycles. The zero-order chi connectivity index (χ0) is 20.1. The summed E-state index contributed by atoms with van der Waals surface area (Å²) in [4.78, 5) is 35.6. The first-order valence-corrected chi connectivity index (χ1v) is 9.63. The van der Waals surface area contributed by atoms with Crippen LogP contribution in [0.4, 0.5) is 10.4 Å². The van der Waals surface area contributed by atoms with Crippen molar-refractivity contribution in [1.82, 2.24) is 15.0 Å². The highest BCUT2D eigenvalue weighted by atomic mass is 19.1. The maximum atomic E-state index is 13.5. The highest BCUT2D eigenvalue weighted by molar-refractivity contribution is 6.14. The van der Waals surface area contributed by atoms with Crippen LogP contribution in [-0.2, 0) is 4.79 Å². The number of anilines is 1. The Morgan fingerprint density at radius 2 is 2.00 bits per heavy atom. The van der Waals surface area contributed by atoms with Crippen molar-refractivity contribution in [1.29, 1.82) is 0 Å². The lowest BCUT2D eigenvalue weighted by molar-refractivity contribution is -0.148. The molecule has 6 rings (SSSR count). The molecule has 3 heterocycles. The van der Waals surface area contributed by atoms with Crippen LogP contribution in [0.5, 0.6) is 0 Å². The minimum absolute atomic E-state index is 0.0607. The van der Waals surface area contributed by atoms with Crippen molar-refractivity contribution in [3.63, 3.8) is 0 Å². The van der Waals surface area contributed by atoms with Gasteiger partial charge in [0.2, 0.25) is 5.78 Å². The molecule has 8 nitrogen and oxygen atoms in total.